The highest BCUT2D eigenvalue weighted by atomic mass is 32.1. The first-order valence-corrected chi connectivity index (χ1v) is 8.63. The second-order valence-corrected chi connectivity index (χ2v) is 7.87. The predicted molar refractivity (Wildman–Crippen MR) is 89.7 cm³/mol. The molecule has 1 aliphatic rings. The Morgan fingerprint density at radius 2 is 2.14 bits per heavy atom. The summed E-state index contributed by atoms with van der Waals surface area (Å²) >= 11 is 1.57. The average molecular weight is 321 g/mol. The smallest absolute Gasteiger partial charge is 0.280 e. The van der Waals surface area contributed by atoms with Crippen LogP contribution in [-0.4, -0.2) is 15.8 Å². The van der Waals surface area contributed by atoms with Gasteiger partial charge in [0.05, 0.1) is 18.1 Å². The SMILES string of the molecule is CC(C)Cc1nc2sc3c(c2c(=O)n1N)C[C@@H](C(C)C)OC3. The summed E-state index contributed by atoms with van der Waals surface area (Å²) in [5, 5.41) is 0.698. The highest BCUT2D eigenvalue weighted by Crippen LogP contribution is 2.35. The molecule has 0 spiro atoms. The van der Waals surface area contributed by atoms with E-state index in [0.29, 0.717) is 36.1 Å². The van der Waals surface area contributed by atoms with Crippen molar-refractivity contribution >= 4 is 21.6 Å². The molecule has 6 heteroatoms. The molecule has 1 aliphatic heterocycles. The molecule has 0 unspecified atom stereocenters. The van der Waals surface area contributed by atoms with E-state index in [1.165, 1.54) is 4.68 Å². The van der Waals surface area contributed by atoms with Crippen LogP contribution in [0.1, 0.15) is 44.0 Å². The van der Waals surface area contributed by atoms with Crippen LogP contribution in [0, 0.1) is 11.8 Å². The lowest BCUT2D eigenvalue weighted by Gasteiger charge is -2.26. The molecule has 3 rings (SSSR count). The molecule has 22 heavy (non-hydrogen) atoms. The van der Waals surface area contributed by atoms with E-state index < -0.39 is 0 Å². The first-order valence-electron chi connectivity index (χ1n) is 7.81. The van der Waals surface area contributed by atoms with Crippen molar-refractivity contribution in [3.63, 3.8) is 0 Å². The summed E-state index contributed by atoms with van der Waals surface area (Å²) in [6, 6.07) is 0. The number of nitrogen functional groups attached to an aromatic ring is 1. The van der Waals surface area contributed by atoms with Gasteiger partial charge in [0.1, 0.15) is 10.7 Å². The van der Waals surface area contributed by atoms with Crippen molar-refractivity contribution in [2.45, 2.75) is 53.2 Å². The maximum atomic E-state index is 12.7. The van der Waals surface area contributed by atoms with E-state index in [0.717, 1.165) is 21.7 Å². The lowest BCUT2D eigenvalue weighted by atomic mass is 9.96. The molecule has 0 aliphatic carbocycles. The molecule has 0 bridgehead atoms. The van der Waals surface area contributed by atoms with Gasteiger partial charge in [-0.3, -0.25) is 4.79 Å². The Morgan fingerprint density at radius 3 is 2.77 bits per heavy atom. The Morgan fingerprint density at radius 1 is 1.41 bits per heavy atom. The Hall–Kier alpha value is -1.40. The van der Waals surface area contributed by atoms with Crippen molar-refractivity contribution in [3.05, 3.63) is 26.6 Å². The number of rotatable bonds is 3. The zero-order valence-electron chi connectivity index (χ0n) is 13.5. The van der Waals surface area contributed by atoms with Gasteiger partial charge in [-0.1, -0.05) is 27.7 Å². The van der Waals surface area contributed by atoms with E-state index in [1.807, 2.05) is 0 Å². The molecule has 3 heterocycles. The third-order valence-corrected chi connectivity index (χ3v) is 5.28. The van der Waals surface area contributed by atoms with E-state index in [-0.39, 0.29) is 11.7 Å². The van der Waals surface area contributed by atoms with Gasteiger partial charge in [0.15, 0.2) is 0 Å². The van der Waals surface area contributed by atoms with Gasteiger partial charge < -0.3 is 10.6 Å². The number of hydrogen-bond acceptors (Lipinski definition) is 5. The molecule has 0 radical (unpaired) electrons. The van der Waals surface area contributed by atoms with Crippen molar-refractivity contribution in [1.29, 1.82) is 0 Å². The first kappa shape index (κ1) is 15.5. The van der Waals surface area contributed by atoms with Crippen LogP contribution < -0.4 is 11.4 Å². The maximum absolute atomic E-state index is 12.7. The van der Waals surface area contributed by atoms with Crippen LogP contribution in [-0.2, 0) is 24.2 Å². The van der Waals surface area contributed by atoms with Gasteiger partial charge in [-0.15, -0.1) is 11.3 Å². The van der Waals surface area contributed by atoms with Gasteiger partial charge in [-0.2, -0.15) is 0 Å². The summed E-state index contributed by atoms with van der Waals surface area (Å²) < 4.78 is 7.13. The molecule has 0 amide bonds. The largest absolute Gasteiger partial charge is 0.372 e. The van der Waals surface area contributed by atoms with Gasteiger partial charge in [0.25, 0.3) is 5.56 Å². The third-order valence-electron chi connectivity index (χ3n) is 4.18. The monoisotopic (exact) mass is 321 g/mol. The van der Waals surface area contributed by atoms with Crippen molar-refractivity contribution < 1.29 is 4.74 Å². The quantitative estimate of drug-likeness (QED) is 0.882. The second kappa shape index (κ2) is 5.66. The van der Waals surface area contributed by atoms with E-state index in [9.17, 15) is 4.79 Å². The van der Waals surface area contributed by atoms with E-state index >= 15 is 0 Å². The number of nitrogens with two attached hydrogens (primary N) is 1. The number of fused-ring (bicyclic) bond motifs is 3. The fraction of sp³-hybridized carbons (Fsp3) is 0.625. The van der Waals surface area contributed by atoms with Crippen LogP contribution in [0.5, 0.6) is 0 Å². The zero-order valence-corrected chi connectivity index (χ0v) is 14.4. The molecule has 1 atom stereocenters. The molecule has 0 saturated heterocycles. The predicted octanol–water partition coefficient (Wildman–Crippen LogP) is 2.47. The maximum Gasteiger partial charge on any atom is 0.280 e. The molecule has 0 saturated carbocycles. The van der Waals surface area contributed by atoms with E-state index in [4.69, 9.17) is 10.6 Å². The van der Waals surface area contributed by atoms with Crippen molar-refractivity contribution in [2.75, 3.05) is 5.84 Å². The van der Waals surface area contributed by atoms with Gasteiger partial charge in [0, 0.05) is 17.7 Å². The second-order valence-electron chi connectivity index (χ2n) is 6.78. The fourth-order valence-electron chi connectivity index (χ4n) is 2.92. The van der Waals surface area contributed by atoms with E-state index in [2.05, 4.69) is 32.7 Å². The molecule has 0 aromatic carbocycles. The van der Waals surface area contributed by atoms with Crippen LogP contribution in [0.4, 0.5) is 0 Å². The molecule has 2 aromatic rings. The molecule has 120 valence electrons. The summed E-state index contributed by atoms with van der Waals surface area (Å²) in [4.78, 5) is 19.3. The number of aromatic nitrogens is 2. The fourth-order valence-corrected chi connectivity index (χ4v) is 4.05. The van der Waals surface area contributed by atoms with Crippen molar-refractivity contribution in [1.82, 2.24) is 9.66 Å². The zero-order chi connectivity index (χ0) is 16.0. The number of nitrogens with zero attached hydrogens (tertiary/aromatic N) is 2. The first-order chi connectivity index (χ1) is 10.4. The minimum Gasteiger partial charge on any atom is -0.372 e. The minimum absolute atomic E-state index is 0.123. The van der Waals surface area contributed by atoms with E-state index in [1.54, 1.807) is 11.3 Å². The highest BCUT2D eigenvalue weighted by molar-refractivity contribution is 7.18. The molecular formula is C16H23N3O2S. The van der Waals surface area contributed by atoms with Gasteiger partial charge in [0.2, 0.25) is 0 Å². The number of hydrogen-bond donors (Lipinski definition) is 1. The molecule has 0 fully saturated rings. The van der Waals surface area contributed by atoms with Gasteiger partial charge in [-0.05, 0) is 17.4 Å². The molecule has 5 nitrogen and oxygen atoms in total. The standard InChI is InChI=1S/C16H23N3O2S/c1-8(2)5-13-18-15-14(16(20)19(13)17)10-6-11(9(3)4)21-7-12(10)22-15/h8-9,11H,5-7,17H2,1-4H3/t11-/m0/s1. The normalized spacial score (nSPS) is 18.4. The Balaban J connectivity index is 2.14. The average Bonchev–Trinajstić information content (AvgIpc) is 2.80. The number of thiophene rings is 1. The molecule has 2 aromatic heterocycles. The summed E-state index contributed by atoms with van der Waals surface area (Å²) in [6.45, 7) is 9.05. The summed E-state index contributed by atoms with van der Waals surface area (Å²) in [7, 11) is 0. The Bertz CT molecular complexity index is 761. The van der Waals surface area contributed by atoms with Crippen molar-refractivity contribution in [2.24, 2.45) is 11.8 Å². The summed E-state index contributed by atoms with van der Waals surface area (Å²) in [5.74, 6) is 7.49. The van der Waals surface area contributed by atoms with Crippen LogP contribution in [0.15, 0.2) is 4.79 Å². The minimum atomic E-state index is -0.123. The van der Waals surface area contributed by atoms with Crippen LogP contribution in [0.25, 0.3) is 10.2 Å². The van der Waals surface area contributed by atoms with Gasteiger partial charge >= 0.3 is 0 Å². The van der Waals surface area contributed by atoms with Gasteiger partial charge in [-0.25, -0.2) is 9.66 Å². The summed E-state index contributed by atoms with van der Waals surface area (Å²) in [5.41, 5.74) is 0.973. The molecule has 2 N–H and O–H groups in total. The topological polar surface area (TPSA) is 70.1 Å². The highest BCUT2D eigenvalue weighted by Gasteiger charge is 2.28. The Labute approximate surface area is 134 Å². The third kappa shape index (κ3) is 2.54. The summed E-state index contributed by atoms with van der Waals surface area (Å²) in [6.07, 6.45) is 1.63. The Kier molecular flexibility index (Phi) is 3.99. The van der Waals surface area contributed by atoms with Crippen LogP contribution in [0.3, 0.4) is 0 Å². The van der Waals surface area contributed by atoms with Crippen LogP contribution >= 0.6 is 11.3 Å². The molecular weight excluding hydrogens is 298 g/mol. The lowest BCUT2D eigenvalue weighted by molar-refractivity contribution is 0.00200. The van der Waals surface area contributed by atoms with Crippen molar-refractivity contribution in [3.8, 4) is 0 Å². The van der Waals surface area contributed by atoms with Crippen LogP contribution in [0.2, 0.25) is 0 Å². The lowest BCUT2D eigenvalue weighted by Crippen LogP contribution is -2.33. The number of ether oxygens (including phenoxy) is 1.